The summed E-state index contributed by atoms with van der Waals surface area (Å²) in [5, 5.41) is 7.71. The predicted molar refractivity (Wildman–Crippen MR) is 140 cm³/mol. The average molecular weight is 445 g/mol. The van der Waals surface area contributed by atoms with Crippen molar-refractivity contribution >= 4 is 55.8 Å². The Labute approximate surface area is 196 Å². The van der Waals surface area contributed by atoms with E-state index >= 15 is 0 Å². The summed E-state index contributed by atoms with van der Waals surface area (Å²) in [4.78, 5) is 5.09. The summed E-state index contributed by atoms with van der Waals surface area (Å²) >= 11 is 3.67. The highest BCUT2D eigenvalue weighted by Gasteiger charge is 2.10. The molecule has 0 heterocycles. The molecule has 0 aliphatic carbocycles. The SMILES string of the molecule is c1ccc(Sc2cc3cc4cc5ccccc5cc4cc3cc2Sc2ccccc2)cc1. The standard InChI is InChI=1S/C30H20S2/c1-3-11-27(12-4-1)31-29-19-25-17-23-15-21-9-7-8-10-22(21)16-24(23)18-26(25)20-30(29)32-28-13-5-2-6-14-28/h1-20H. The molecule has 0 radical (unpaired) electrons. The Hall–Kier alpha value is -3.20. The minimum Gasteiger partial charge on any atom is -0.0889 e. The molecular weight excluding hydrogens is 424 g/mol. The van der Waals surface area contributed by atoms with Crippen LogP contribution in [0.15, 0.2) is 141 Å². The normalized spacial score (nSPS) is 11.4. The Morgan fingerprint density at radius 3 is 1.09 bits per heavy atom. The average Bonchev–Trinajstić information content (AvgIpc) is 2.83. The minimum absolute atomic E-state index is 1.26. The topological polar surface area (TPSA) is 0 Å². The van der Waals surface area contributed by atoms with Crippen molar-refractivity contribution in [2.75, 3.05) is 0 Å². The van der Waals surface area contributed by atoms with Crippen molar-refractivity contribution in [2.45, 2.75) is 19.6 Å². The minimum atomic E-state index is 1.26. The van der Waals surface area contributed by atoms with Crippen molar-refractivity contribution in [1.29, 1.82) is 0 Å². The molecule has 6 rings (SSSR count). The zero-order valence-electron chi connectivity index (χ0n) is 17.4. The third-order valence-corrected chi connectivity index (χ3v) is 7.93. The van der Waals surface area contributed by atoms with Crippen molar-refractivity contribution < 1.29 is 0 Å². The largest absolute Gasteiger partial charge is 0.0889 e. The van der Waals surface area contributed by atoms with Gasteiger partial charge in [0, 0.05) is 19.6 Å². The Morgan fingerprint density at radius 2 is 0.656 bits per heavy atom. The molecular formula is C30H20S2. The second-order valence-corrected chi connectivity index (χ2v) is 10.1. The maximum Gasteiger partial charge on any atom is 0.0268 e. The van der Waals surface area contributed by atoms with E-state index < -0.39 is 0 Å². The summed E-state index contributed by atoms with van der Waals surface area (Å²) in [6.07, 6.45) is 0. The van der Waals surface area contributed by atoms with Crippen molar-refractivity contribution in [3.05, 3.63) is 121 Å². The second-order valence-electron chi connectivity index (χ2n) is 7.88. The van der Waals surface area contributed by atoms with Crippen LogP contribution in [0, 0.1) is 0 Å². The fourth-order valence-corrected chi connectivity index (χ4v) is 6.13. The van der Waals surface area contributed by atoms with E-state index in [4.69, 9.17) is 0 Å². The van der Waals surface area contributed by atoms with Gasteiger partial charge in [-0.05, 0) is 93.0 Å². The third-order valence-electron chi connectivity index (χ3n) is 5.66. The van der Waals surface area contributed by atoms with Gasteiger partial charge in [-0.1, -0.05) is 84.2 Å². The van der Waals surface area contributed by atoms with Crippen LogP contribution in [0.2, 0.25) is 0 Å². The highest BCUT2D eigenvalue weighted by Crippen LogP contribution is 2.42. The molecule has 6 aromatic rings. The molecule has 0 saturated carbocycles. The molecule has 0 aliphatic rings. The lowest BCUT2D eigenvalue weighted by molar-refractivity contribution is 1.26. The van der Waals surface area contributed by atoms with E-state index in [1.807, 2.05) is 23.5 Å². The van der Waals surface area contributed by atoms with Gasteiger partial charge in [0.05, 0.1) is 0 Å². The van der Waals surface area contributed by atoms with Crippen LogP contribution in [-0.2, 0) is 0 Å². The zero-order valence-corrected chi connectivity index (χ0v) is 19.0. The van der Waals surface area contributed by atoms with Gasteiger partial charge >= 0.3 is 0 Å². The number of fused-ring (bicyclic) bond motifs is 3. The lowest BCUT2D eigenvalue weighted by atomic mass is 10.00. The molecule has 0 N–H and O–H groups in total. The molecule has 0 amide bonds. The zero-order chi connectivity index (χ0) is 21.3. The van der Waals surface area contributed by atoms with E-state index in [0.717, 1.165) is 0 Å². The lowest BCUT2D eigenvalue weighted by Gasteiger charge is -2.13. The summed E-state index contributed by atoms with van der Waals surface area (Å²) in [5.41, 5.74) is 0. The summed E-state index contributed by atoms with van der Waals surface area (Å²) in [6, 6.07) is 43.9. The summed E-state index contributed by atoms with van der Waals surface area (Å²) in [7, 11) is 0. The van der Waals surface area contributed by atoms with Crippen molar-refractivity contribution in [2.24, 2.45) is 0 Å². The van der Waals surface area contributed by atoms with Gasteiger partial charge in [-0.25, -0.2) is 0 Å². The summed E-state index contributed by atoms with van der Waals surface area (Å²) < 4.78 is 0. The van der Waals surface area contributed by atoms with E-state index in [1.54, 1.807) is 0 Å². The highest BCUT2D eigenvalue weighted by molar-refractivity contribution is 8.02. The van der Waals surface area contributed by atoms with Crippen LogP contribution < -0.4 is 0 Å². The van der Waals surface area contributed by atoms with Gasteiger partial charge in [-0.15, -0.1) is 0 Å². The van der Waals surface area contributed by atoms with E-state index in [0.29, 0.717) is 0 Å². The molecule has 152 valence electrons. The van der Waals surface area contributed by atoms with Crippen LogP contribution in [0.5, 0.6) is 0 Å². The molecule has 0 aliphatic heterocycles. The van der Waals surface area contributed by atoms with Crippen LogP contribution >= 0.6 is 23.5 Å². The molecule has 0 atom stereocenters. The van der Waals surface area contributed by atoms with Gasteiger partial charge in [0.2, 0.25) is 0 Å². The highest BCUT2D eigenvalue weighted by atomic mass is 32.2. The van der Waals surface area contributed by atoms with Crippen molar-refractivity contribution in [3.63, 3.8) is 0 Å². The molecule has 0 fully saturated rings. The first-order valence-electron chi connectivity index (χ1n) is 10.7. The van der Waals surface area contributed by atoms with Crippen molar-refractivity contribution in [1.82, 2.24) is 0 Å². The molecule has 0 unspecified atom stereocenters. The molecule has 0 aromatic heterocycles. The van der Waals surface area contributed by atoms with Gasteiger partial charge in [-0.3, -0.25) is 0 Å². The van der Waals surface area contributed by atoms with E-state index in [9.17, 15) is 0 Å². The van der Waals surface area contributed by atoms with Crippen LogP contribution in [0.4, 0.5) is 0 Å². The van der Waals surface area contributed by atoms with Crippen LogP contribution in [0.1, 0.15) is 0 Å². The van der Waals surface area contributed by atoms with E-state index in [2.05, 4.69) is 121 Å². The fourth-order valence-electron chi connectivity index (χ4n) is 4.09. The first-order valence-corrected chi connectivity index (χ1v) is 12.3. The second kappa shape index (κ2) is 8.38. The fraction of sp³-hybridized carbons (Fsp3) is 0. The van der Waals surface area contributed by atoms with E-state index in [-0.39, 0.29) is 0 Å². The Kier molecular flexibility index (Phi) is 5.10. The molecule has 0 nitrogen and oxygen atoms in total. The quantitative estimate of drug-likeness (QED) is 0.248. The number of hydrogen-bond donors (Lipinski definition) is 0. The van der Waals surface area contributed by atoms with Crippen LogP contribution in [0.25, 0.3) is 32.3 Å². The molecule has 0 spiro atoms. The lowest BCUT2D eigenvalue weighted by Crippen LogP contribution is -1.84. The first kappa shape index (κ1) is 19.5. The maximum absolute atomic E-state index is 2.35. The van der Waals surface area contributed by atoms with Crippen LogP contribution in [-0.4, -0.2) is 0 Å². The predicted octanol–water partition coefficient (Wildman–Crippen LogP) is 9.45. The number of hydrogen-bond acceptors (Lipinski definition) is 2. The molecule has 6 aromatic carbocycles. The Morgan fingerprint density at radius 1 is 0.312 bits per heavy atom. The maximum atomic E-state index is 2.35. The molecule has 0 saturated heterocycles. The summed E-state index contributed by atoms with van der Waals surface area (Å²) in [5.74, 6) is 0. The first-order chi connectivity index (χ1) is 15.8. The smallest absolute Gasteiger partial charge is 0.0268 e. The van der Waals surface area contributed by atoms with Gasteiger partial charge < -0.3 is 0 Å². The Bertz CT molecular complexity index is 1440. The van der Waals surface area contributed by atoms with Crippen molar-refractivity contribution in [3.8, 4) is 0 Å². The van der Waals surface area contributed by atoms with E-state index in [1.165, 1.54) is 51.9 Å². The Balaban J connectivity index is 1.53. The van der Waals surface area contributed by atoms with Gasteiger partial charge in [0.25, 0.3) is 0 Å². The number of rotatable bonds is 4. The van der Waals surface area contributed by atoms with Gasteiger partial charge in [0.15, 0.2) is 0 Å². The monoisotopic (exact) mass is 444 g/mol. The van der Waals surface area contributed by atoms with Crippen LogP contribution in [0.3, 0.4) is 0 Å². The number of benzene rings is 6. The molecule has 2 heteroatoms. The van der Waals surface area contributed by atoms with Gasteiger partial charge in [0.1, 0.15) is 0 Å². The summed E-state index contributed by atoms with van der Waals surface area (Å²) in [6.45, 7) is 0. The third kappa shape index (κ3) is 3.88. The molecule has 0 bridgehead atoms. The van der Waals surface area contributed by atoms with Gasteiger partial charge in [-0.2, -0.15) is 0 Å². The molecule has 32 heavy (non-hydrogen) atoms.